The van der Waals surface area contributed by atoms with Gasteiger partial charge in [0.2, 0.25) is 16.9 Å². The molecule has 1 aliphatic rings. The number of nitrogens with one attached hydrogen (secondary N) is 2. The topological polar surface area (TPSA) is 364 Å². The van der Waals surface area contributed by atoms with Crippen LogP contribution in [0.1, 0.15) is 36.9 Å². The molecule has 1 aromatic carbocycles. The molecule has 58 heavy (non-hydrogen) atoms. The van der Waals surface area contributed by atoms with Crippen molar-refractivity contribution < 1.29 is 80.5 Å². The molecule has 1 aliphatic heterocycles. The van der Waals surface area contributed by atoms with Crippen molar-refractivity contribution >= 4 is 92.3 Å². The number of anilines is 1. The van der Waals surface area contributed by atoms with Gasteiger partial charge in [0.05, 0.1) is 24.6 Å². The molecule has 0 radical (unpaired) electrons. The zero-order valence-electron chi connectivity index (χ0n) is 30.1. The molecule has 7 unspecified atom stereocenters. The minimum Gasteiger partial charge on any atom is -0.386 e. The van der Waals surface area contributed by atoms with E-state index in [9.17, 15) is 57.9 Å². The van der Waals surface area contributed by atoms with E-state index in [0.29, 0.717) is 5.02 Å². The summed E-state index contributed by atoms with van der Waals surface area (Å²) in [5, 5.41) is 26.6. The Balaban J connectivity index is 1.22. The van der Waals surface area contributed by atoms with Gasteiger partial charge in [-0.05, 0) is 18.2 Å². The first-order valence-corrected chi connectivity index (χ1v) is 22.7. The predicted octanol–water partition coefficient (Wildman–Crippen LogP) is 1.29. The van der Waals surface area contributed by atoms with E-state index < -0.39 is 84.6 Å². The van der Waals surface area contributed by atoms with Crippen molar-refractivity contribution in [2.24, 2.45) is 5.41 Å². The van der Waals surface area contributed by atoms with Crippen molar-refractivity contribution in [2.45, 2.75) is 50.9 Å². The molecule has 2 amide bonds. The lowest BCUT2D eigenvalue weighted by molar-refractivity contribution is -0.137. The van der Waals surface area contributed by atoms with Crippen LogP contribution in [0.25, 0.3) is 11.2 Å². The number of aliphatic hydroxyl groups excluding tert-OH is 2. The first-order valence-electron chi connectivity index (χ1n) is 16.4. The summed E-state index contributed by atoms with van der Waals surface area (Å²) in [4.78, 5) is 88.0. The van der Waals surface area contributed by atoms with E-state index in [2.05, 4.69) is 34.4 Å². The number of hydrogen-bond acceptors (Lipinski definition) is 18. The van der Waals surface area contributed by atoms with Gasteiger partial charge in [-0.3, -0.25) is 32.5 Å². The number of imidazole rings is 1. The third-order valence-corrected chi connectivity index (χ3v) is 12.4. The third-order valence-electron chi connectivity index (χ3n) is 7.89. The molecule has 10 N–H and O–H groups in total. The molecular formula is C28H38Cl2N7O17P3S. The molecule has 4 rings (SSSR count). The Hall–Kier alpha value is -2.64. The number of benzene rings is 1. The van der Waals surface area contributed by atoms with Gasteiger partial charge < -0.3 is 50.9 Å². The van der Waals surface area contributed by atoms with Gasteiger partial charge in [0.1, 0.15) is 36.3 Å². The fourth-order valence-corrected chi connectivity index (χ4v) is 9.11. The number of aliphatic hydroxyl groups is 2. The molecule has 2 aromatic heterocycles. The largest absolute Gasteiger partial charge is 0.481 e. The maximum absolute atomic E-state index is 12.7. The Morgan fingerprint density at radius 3 is 2.41 bits per heavy atom. The number of nitrogens with two attached hydrogens (primary N) is 1. The van der Waals surface area contributed by atoms with E-state index >= 15 is 0 Å². The molecule has 1 saturated heterocycles. The highest BCUT2D eigenvalue weighted by Crippen LogP contribution is 2.61. The molecule has 0 bridgehead atoms. The number of aromatic nitrogens is 4. The molecule has 24 nitrogen and oxygen atoms in total. The maximum Gasteiger partial charge on any atom is 0.481 e. The number of nitrogens with zero attached hydrogens (tertiary/aromatic N) is 4. The van der Waals surface area contributed by atoms with Crippen LogP contribution in [0.4, 0.5) is 5.82 Å². The van der Waals surface area contributed by atoms with Gasteiger partial charge in [-0.1, -0.05) is 48.8 Å². The number of fused-ring (bicyclic) bond motifs is 1. The Bertz CT molecular complexity index is 2130. The summed E-state index contributed by atoms with van der Waals surface area (Å²) < 4.78 is 62.1. The number of ether oxygens (including phenoxy) is 1. The van der Waals surface area contributed by atoms with Crippen LogP contribution in [-0.4, -0.2) is 123 Å². The van der Waals surface area contributed by atoms with Crippen molar-refractivity contribution in [1.29, 1.82) is 0 Å². The Labute approximate surface area is 342 Å². The Morgan fingerprint density at radius 1 is 1.05 bits per heavy atom. The van der Waals surface area contributed by atoms with Gasteiger partial charge >= 0.3 is 23.5 Å². The number of nitrogen functional groups attached to an aromatic ring is 1. The number of thioether (sulfide) groups is 1. The number of carbonyl (C=O) groups is 3. The van der Waals surface area contributed by atoms with Crippen LogP contribution in [0, 0.1) is 5.41 Å². The molecule has 322 valence electrons. The van der Waals surface area contributed by atoms with Crippen molar-refractivity contribution in [3.8, 4) is 0 Å². The summed E-state index contributed by atoms with van der Waals surface area (Å²) in [7, 11) is -16.4. The molecular weight excluding hydrogens is 902 g/mol. The van der Waals surface area contributed by atoms with Crippen molar-refractivity contribution in [3.05, 3.63) is 46.5 Å². The summed E-state index contributed by atoms with van der Waals surface area (Å²) in [6, 6.07) is 4.42. The van der Waals surface area contributed by atoms with Gasteiger partial charge in [-0.2, -0.15) is 4.31 Å². The maximum atomic E-state index is 12.7. The summed E-state index contributed by atoms with van der Waals surface area (Å²) in [5.74, 6) is -1.33. The first-order chi connectivity index (χ1) is 26.9. The predicted molar refractivity (Wildman–Crippen MR) is 203 cm³/mol. The number of carbonyl (C=O) groups excluding carboxylic acids is 3. The van der Waals surface area contributed by atoms with Gasteiger partial charge in [0.15, 0.2) is 17.7 Å². The fraction of sp³-hybridized carbons (Fsp3) is 0.500. The molecule has 30 heteroatoms. The highest BCUT2D eigenvalue weighted by Gasteiger charge is 2.50. The van der Waals surface area contributed by atoms with Gasteiger partial charge in [0.25, 0.3) is 0 Å². The van der Waals surface area contributed by atoms with Crippen LogP contribution in [0.5, 0.6) is 0 Å². The summed E-state index contributed by atoms with van der Waals surface area (Å²) in [6.07, 6.45) is -7.03. The smallest absolute Gasteiger partial charge is 0.386 e. The highest BCUT2D eigenvalue weighted by atomic mass is 35.5. The summed E-state index contributed by atoms with van der Waals surface area (Å²) in [5.41, 5.74) is 4.48. The molecule has 1 fully saturated rings. The van der Waals surface area contributed by atoms with Gasteiger partial charge in [-0.15, -0.1) is 0 Å². The summed E-state index contributed by atoms with van der Waals surface area (Å²) >= 11 is 12.8. The molecule has 7 atom stereocenters. The highest BCUT2D eigenvalue weighted by molar-refractivity contribution is 8.14. The van der Waals surface area contributed by atoms with Crippen molar-refractivity contribution in [2.75, 3.05) is 37.8 Å². The first kappa shape index (κ1) is 48.0. The average molecular weight is 941 g/mol. The van der Waals surface area contributed by atoms with E-state index in [1.165, 1.54) is 32.0 Å². The number of hydrogen-bond donors (Lipinski definition) is 9. The fourth-order valence-electron chi connectivity index (χ4n) is 5.01. The lowest BCUT2D eigenvalue weighted by Gasteiger charge is -2.30. The second-order valence-corrected chi connectivity index (χ2v) is 19.0. The van der Waals surface area contributed by atoms with E-state index in [4.69, 9.17) is 42.7 Å². The standard InChI is InChI=1S/C28H38Cl2N7O17P3S/c1-28(2,22(40)25(41)33-6-5-18(38)32-7-8-58-27(42)15-4-3-14(29)9-16(15)30)11-51-57(48,49)54-56(46,47)50-10-17-21(53-55(43,44)45)20(39)26(52-17)37-13-36-19-23(31)34-12-35-24(19)37/h3-4,9,12-13,17,20-22,26,39-40H,5-8,10-11H2,1-2H3,(H,32,38)(H,33,41)(H,46,47)(H,48,49)(H2,31,34,35)(H2,43,44,45). The van der Waals surface area contributed by atoms with E-state index in [1.807, 2.05) is 0 Å². The minimum absolute atomic E-state index is 0.0238. The summed E-state index contributed by atoms with van der Waals surface area (Å²) in [6.45, 7) is 0.297. The number of amides is 2. The SMILES string of the molecule is CC(C)(COP(=O)(O)OP(=O)(O)OCC1OC(n2cnc3c(N)ncnc32)C(O)C1OP(=O)(O)O)C(O)C(=O)NCCC(=O)NCCSC(=O)c1ccc(Cl)cc1Cl. The molecule has 3 aromatic rings. The van der Waals surface area contributed by atoms with E-state index in [-0.39, 0.29) is 57.9 Å². The van der Waals surface area contributed by atoms with Crippen LogP contribution in [-0.2, 0) is 45.9 Å². The molecule has 0 saturated carbocycles. The van der Waals surface area contributed by atoms with Crippen LogP contribution in [0.3, 0.4) is 0 Å². The normalized spacial score (nSPS) is 21.3. The quantitative estimate of drug-likeness (QED) is 0.0569. The molecule has 0 spiro atoms. The number of phosphoric acid groups is 3. The lowest BCUT2D eigenvalue weighted by atomic mass is 9.87. The monoisotopic (exact) mass is 939 g/mol. The van der Waals surface area contributed by atoms with Crippen molar-refractivity contribution in [1.82, 2.24) is 30.2 Å². The average Bonchev–Trinajstić information content (AvgIpc) is 3.68. The second kappa shape index (κ2) is 19.8. The zero-order valence-corrected chi connectivity index (χ0v) is 35.1. The van der Waals surface area contributed by atoms with Gasteiger partial charge in [-0.25, -0.2) is 28.6 Å². The number of halogens is 2. The number of phosphoric ester groups is 3. The zero-order chi connectivity index (χ0) is 43.2. The van der Waals surface area contributed by atoms with Gasteiger partial charge in [0, 0.05) is 41.3 Å². The van der Waals surface area contributed by atoms with Crippen molar-refractivity contribution in [3.63, 3.8) is 0 Å². The minimum atomic E-state index is -5.58. The van der Waals surface area contributed by atoms with Crippen LogP contribution in [0.15, 0.2) is 30.9 Å². The number of rotatable bonds is 20. The van der Waals surface area contributed by atoms with Crippen LogP contribution in [0.2, 0.25) is 10.0 Å². The Kier molecular flexibility index (Phi) is 16.4. The molecule has 0 aliphatic carbocycles. The van der Waals surface area contributed by atoms with E-state index in [0.717, 1.165) is 29.0 Å². The second-order valence-electron chi connectivity index (χ2n) is 12.8. The third kappa shape index (κ3) is 13.4. The Morgan fingerprint density at radius 2 is 1.74 bits per heavy atom. The van der Waals surface area contributed by atoms with Crippen LogP contribution >= 0.6 is 58.4 Å². The molecule has 3 heterocycles. The lowest BCUT2D eigenvalue weighted by Crippen LogP contribution is -2.46. The van der Waals surface area contributed by atoms with Crippen LogP contribution < -0.4 is 16.4 Å². The van der Waals surface area contributed by atoms with E-state index in [1.54, 1.807) is 0 Å².